The number of fused-ring (bicyclic) bond motifs is 6. The first-order valence-electron chi connectivity index (χ1n) is 31.3. The predicted octanol–water partition coefficient (Wildman–Crippen LogP) is 21.0. The van der Waals surface area contributed by atoms with Gasteiger partial charge in [-0.15, -0.1) is 0 Å². The van der Waals surface area contributed by atoms with Crippen LogP contribution >= 0.6 is 0 Å². The topological polar surface area (TPSA) is 136 Å². The smallest absolute Gasteiger partial charge is 0.165 e. The molecule has 2 aliphatic heterocycles. The molecule has 12 rings (SSSR count). The molecule has 0 radical (unpaired) electrons. The first kappa shape index (κ1) is 60.6. The van der Waals surface area contributed by atoms with Crippen LogP contribution in [0, 0.1) is 63.1 Å². The second-order valence-corrected chi connectivity index (χ2v) is 23.9. The Bertz CT molecular complexity index is 4890. The highest BCUT2D eigenvalue weighted by Crippen LogP contribution is 2.54. The maximum Gasteiger partial charge on any atom is 0.165 e. The zero-order chi connectivity index (χ0) is 64.3. The van der Waals surface area contributed by atoms with E-state index in [1.54, 1.807) is 0 Å². The van der Waals surface area contributed by atoms with Gasteiger partial charge in [0.15, 0.2) is 11.6 Å². The van der Waals surface area contributed by atoms with Crippen molar-refractivity contribution in [2.45, 2.75) is 68.7 Å². The number of anilines is 3. The number of hydrogen-bond acceptors (Lipinski definition) is 8. The number of para-hydroxylation sites is 3. The van der Waals surface area contributed by atoms with Gasteiger partial charge >= 0.3 is 0 Å². The molecule has 0 bridgehead atoms. The van der Waals surface area contributed by atoms with Gasteiger partial charge in [0.05, 0.1) is 57.7 Å². The maximum atomic E-state index is 10.8. The number of aromatic nitrogens is 3. The standard InChI is InChI=1S/C82H70N10/c1-10-52(2)45-53(3)87-78-77(71-31-22-30-70-69-29-20-21-32-74(69)91(79(70)71)68-27-18-13-19-28-68)80(89-54(4)33-37-64(48-83)58(8)65(49-84)38-34-55(89)5)82(88-81(78)90-56(6)35-39-66(50-85)59(9)67(51-86)40-36-57(90)7)92-75-43-41-62(60-23-14-11-15-24-60)46-72(75)73-47-63(42-44-76(73)92)61-25-16-12-17-26-61/h11-47,52,58-59,87H,10H2,1-9H3/b53-45+,54-33+,55-34?,56-35+,57-36?,64-37-,65-38-,66-39-,67-40-. The molecule has 3 aromatic heterocycles. The molecule has 0 aliphatic carbocycles. The molecular weight excluding hydrogens is 1120 g/mol. The fourth-order valence-corrected chi connectivity index (χ4v) is 13.0. The van der Waals surface area contributed by atoms with E-state index in [0.717, 1.165) is 118 Å². The molecule has 10 aromatic rings. The van der Waals surface area contributed by atoms with Crippen molar-refractivity contribution in [1.29, 1.82) is 21.0 Å². The van der Waals surface area contributed by atoms with Gasteiger partial charge in [-0.25, -0.2) is 4.98 Å². The van der Waals surface area contributed by atoms with E-state index in [-0.39, 0.29) is 5.92 Å². The average Bonchev–Trinajstić information content (AvgIpc) is 1.42. The van der Waals surface area contributed by atoms with Crippen LogP contribution in [-0.4, -0.2) is 14.1 Å². The van der Waals surface area contributed by atoms with Gasteiger partial charge in [-0.2, -0.15) is 21.0 Å². The third-order valence-corrected chi connectivity index (χ3v) is 18.0. The Hall–Kier alpha value is -11.7. The van der Waals surface area contributed by atoms with Crippen LogP contribution in [0.5, 0.6) is 0 Å². The highest BCUT2D eigenvalue weighted by molar-refractivity contribution is 6.18. The zero-order valence-electron chi connectivity index (χ0n) is 53.3. The molecule has 3 atom stereocenters. The van der Waals surface area contributed by atoms with E-state index in [0.29, 0.717) is 45.3 Å². The summed E-state index contributed by atoms with van der Waals surface area (Å²) in [5.41, 5.74) is 17.8. The number of nitrogens with zero attached hydrogens (tertiary/aromatic N) is 9. The van der Waals surface area contributed by atoms with E-state index in [1.165, 1.54) is 0 Å². The molecule has 10 nitrogen and oxygen atoms in total. The number of allylic oxidation sites excluding steroid dienone is 18. The highest BCUT2D eigenvalue weighted by atomic mass is 15.3. The van der Waals surface area contributed by atoms with E-state index >= 15 is 0 Å². The Morgan fingerprint density at radius 3 is 1.42 bits per heavy atom. The molecule has 10 heteroatoms. The highest BCUT2D eigenvalue weighted by Gasteiger charge is 2.35. The monoisotopic (exact) mass is 1190 g/mol. The van der Waals surface area contributed by atoms with E-state index in [2.05, 4.69) is 241 Å². The van der Waals surface area contributed by atoms with Gasteiger partial charge < -0.3 is 19.7 Å². The zero-order valence-corrected chi connectivity index (χ0v) is 53.3. The van der Waals surface area contributed by atoms with Crippen LogP contribution in [0.15, 0.2) is 275 Å². The van der Waals surface area contributed by atoms with Crippen LogP contribution < -0.4 is 15.1 Å². The van der Waals surface area contributed by atoms with Crippen LogP contribution in [0.2, 0.25) is 0 Å². The Morgan fingerprint density at radius 2 is 0.935 bits per heavy atom. The molecule has 0 fully saturated rings. The number of nitrogens with one attached hydrogen (secondary N) is 1. The lowest BCUT2D eigenvalue weighted by atomic mass is 9.92. The Morgan fingerprint density at radius 1 is 0.489 bits per heavy atom. The van der Waals surface area contributed by atoms with Gasteiger partial charge in [0.2, 0.25) is 0 Å². The normalized spacial score (nSPS) is 19.6. The van der Waals surface area contributed by atoms with Gasteiger partial charge in [0, 0.05) is 101 Å². The number of nitriles is 4. The molecule has 1 N–H and O–H groups in total. The summed E-state index contributed by atoms with van der Waals surface area (Å²) in [5, 5.41) is 51.4. The third-order valence-electron chi connectivity index (χ3n) is 18.0. The van der Waals surface area contributed by atoms with E-state index in [1.807, 2.05) is 94.5 Å². The summed E-state index contributed by atoms with van der Waals surface area (Å²) in [4.78, 5) is 10.7. The van der Waals surface area contributed by atoms with E-state index in [4.69, 9.17) is 4.98 Å². The Kier molecular flexibility index (Phi) is 17.0. The summed E-state index contributed by atoms with van der Waals surface area (Å²) in [7, 11) is 0. The molecule has 5 heterocycles. The molecular formula is C82H70N10. The Balaban J connectivity index is 1.38. The molecule has 0 spiro atoms. The van der Waals surface area contributed by atoms with Gasteiger partial charge in [-0.05, 0) is 154 Å². The summed E-state index contributed by atoms with van der Waals surface area (Å²) in [6, 6.07) is 69.7. The SMILES string of the molecule is CCC(C)/C=C(\C)Nc1c(N2C(C)=C/C=C(/C#N)C(C)/C(C#N)=C\C=C\2C)nc(-n2c3ccc(-c4ccccc4)cc3c3cc(-c4ccccc4)ccc32)c(N2C(C)=C/C=C(/C#N)C(C)/C(C#N)=C\C=C\2C)c1-c1cccc2c3ccccc3n(-c3ccccc3)c12. The van der Waals surface area contributed by atoms with E-state index in [9.17, 15) is 21.0 Å². The van der Waals surface area contributed by atoms with Crippen molar-refractivity contribution >= 4 is 60.8 Å². The van der Waals surface area contributed by atoms with Crippen molar-refractivity contribution in [2.24, 2.45) is 17.8 Å². The largest absolute Gasteiger partial charge is 0.356 e. The molecule has 448 valence electrons. The minimum Gasteiger partial charge on any atom is -0.356 e. The fourth-order valence-electron chi connectivity index (χ4n) is 13.0. The second kappa shape index (κ2) is 25.8. The van der Waals surface area contributed by atoms with Crippen molar-refractivity contribution < 1.29 is 0 Å². The lowest BCUT2D eigenvalue weighted by Crippen LogP contribution is -2.27. The summed E-state index contributed by atoms with van der Waals surface area (Å²) < 4.78 is 4.68. The predicted molar refractivity (Wildman–Crippen MR) is 379 cm³/mol. The van der Waals surface area contributed by atoms with E-state index < -0.39 is 11.8 Å². The molecule has 7 aromatic carbocycles. The average molecular weight is 1200 g/mol. The summed E-state index contributed by atoms with van der Waals surface area (Å²) in [5.74, 6) is 0.372. The molecule has 0 amide bonds. The maximum absolute atomic E-state index is 10.8. The minimum absolute atomic E-state index is 0.189. The molecule has 0 saturated heterocycles. The Labute approximate surface area is 539 Å². The van der Waals surface area contributed by atoms with Crippen LogP contribution in [-0.2, 0) is 0 Å². The van der Waals surface area contributed by atoms with Crippen molar-refractivity contribution in [1.82, 2.24) is 14.1 Å². The van der Waals surface area contributed by atoms with Crippen LogP contribution in [0.3, 0.4) is 0 Å². The molecule has 3 unspecified atom stereocenters. The summed E-state index contributed by atoms with van der Waals surface area (Å²) in [6.45, 7) is 18.5. The molecule has 0 saturated carbocycles. The van der Waals surface area contributed by atoms with Gasteiger partial charge in [-0.3, -0.25) is 4.57 Å². The van der Waals surface area contributed by atoms with Crippen molar-refractivity contribution in [3.63, 3.8) is 0 Å². The third kappa shape index (κ3) is 11.1. The van der Waals surface area contributed by atoms with Crippen molar-refractivity contribution in [3.8, 4) is 69.2 Å². The van der Waals surface area contributed by atoms with Crippen LogP contribution in [0.25, 0.3) is 88.5 Å². The van der Waals surface area contributed by atoms with Gasteiger partial charge in [0.1, 0.15) is 0 Å². The van der Waals surface area contributed by atoms with Gasteiger partial charge in [-0.1, -0.05) is 168 Å². The minimum atomic E-state index is -0.468. The number of pyridine rings is 1. The number of benzene rings is 7. The lowest BCUT2D eigenvalue weighted by Gasteiger charge is -2.36. The molecule has 2 aliphatic rings. The summed E-state index contributed by atoms with van der Waals surface area (Å²) >= 11 is 0. The first-order valence-corrected chi connectivity index (χ1v) is 31.3. The van der Waals surface area contributed by atoms with Crippen molar-refractivity contribution in [3.05, 3.63) is 275 Å². The fraction of sp³-hybridized carbons (Fsp3) is 0.159. The van der Waals surface area contributed by atoms with Crippen molar-refractivity contribution in [2.75, 3.05) is 15.1 Å². The quantitative estimate of drug-likeness (QED) is 0.135. The van der Waals surface area contributed by atoms with Crippen LogP contribution in [0.4, 0.5) is 17.2 Å². The number of rotatable bonds is 11. The lowest BCUT2D eigenvalue weighted by molar-refractivity contribution is 0.693. The van der Waals surface area contributed by atoms with Gasteiger partial charge in [0.25, 0.3) is 0 Å². The summed E-state index contributed by atoms with van der Waals surface area (Å²) in [6.07, 6.45) is 18.4. The van der Waals surface area contributed by atoms with Crippen LogP contribution in [0.1, 0.15) is 68.7 Å². The second-order valence-electron chi connectivity index (χ2n) is 23.9. The molecule has 92 heavy (non-hydrogen) atoms. The first-order chi connectivity index (χ1) is 44.8. The number of hydrogen-bond donors (Lipinski definition) is 1.